The Morgan fingerprint density at radius 1 is 1.18 bits per heavy atom. The van der Waals surface area contributed by atoms with Crippen molar-refractivity contribution in [1.82, 2.24) is 14.9 Å². The van der Waals surface area contributed by atoms with Crippen molar-refractivity contribution in [2.45, 2.75) is 57.4 Å². The third-order valence-corrected chi connectivity index (χ3v) is 7.27. The first kappa shape index (κ1) is 23.9. The molecule has 1 amide bonds. The van der Waals surface area contributed by atoms with Crippen LogP contribution in [0.25, 0.3) is 11.3 Å². The van der Waals surface area contributed by atoms with Gasteiger partial charge in [0.05, 0.1) is 18.6 Å². The minimum absolute atomic E-state index is 0.0103. The summed E-state index contributed by atoms with van der Waals surface area (Å²) in [6.07, 6.45) is -1.62. The smallest absolute Gasteiger partial charge is 0.433 e. The molecule has 2 heterocycles. The average Bonchev–Trinajstić information content (AvgIpc) is 3.00. The number of ether oxygens (including phenoxy) is 1. The second-order valence-electron chi connectivity index (χ2n) is 10.2. The van der Waals surface area contributed by atoms with Gasteiger partial charge in [-0.05, 0) is 60.4 Å². The minimum Gasteiger partial charge on any atom is -0.497 e. The summed E-state index contributed by atoms with van der Waals surface area (Å²) in [5.41, 5.74) is -0.0794. The highest BCUT2D eigenvalue weighted by Gasteiger charge is 2.50. The first-order valence-corrected chi connectivity index (χ1v) is 11.9. The Balaban J connectivity index is 1.53. The lowest BCUT2D eigenvalue weighted by atomic mass is 9.65. The standard InChI is InChI=1S/C24H28F3N3O2S/c1-22(2)10-16-11-23(3,13-22)14-30(16)20(31)12-33-21-28-18(9-19(29-21)24(25,26)27)15-5-7-17(32-4)8-6-15/h5-9,16H,10-14H2,1-4H3/t16-,23-/m1/s1. The molecule has 1 aromatic carbocycles. The van der Waals surface area contributed by atoms with Crippen LogP contribution in [0.15, 0.2) is 35.5 Å². The first-order chi connectivity index (χ1) is 15.4. The van der Waals surface area contributed by atoms with Gasteiger partial charge in [0.2, 0.25) is 5.91 Å². The van der Waals surface area contributed by atoms with E-state index in [1.54, 1.807) is 24.3 Å². The molecule has 1 aliphatic carbocycles. The lowest BCUT2D eigenvalue weighted by Gasteiger charge is -2.39. The predicted molar refractivity (Wildman–Crippen MR) is 121 cm³/mol. The maximum Gasteiger partial charge on any atom is 0.433 e. The molecule has 0 spiro atoms. The molecule has 0 unspecified atom stereocenters. The summed E-state index contributed by atoms with van der Waals surface area (Å²) in [5, 5.41) is -0.0577. The molecule has 1 aromatic heterocycles. The van der Waals surface area contributed by atoms with E-state index >= 15 is 0 Å². The van der Waals surface area contributed by atoms with Crippen LogP contribution in [0.4, 0.5) is 13.2 Å². The van der Waals surface area contributed by atoms with Crippen LogP contribution in [0.2, 0.25) is 0 Å². The molecule has 1 saturated heterocycles. The maximum absolute atomic E-state index is 13.5. The number of nitrogens with zero attached hydrogens (tertiary/aromatic N) is 3. The van der Waals surface area contributed by atoms with Crippen LogP contribution in [0.5, 0.6) is 5.75 Å². The molecule has 4 rings (SSSR count). The number of hydrogen-bond acceptors (Lipinski definition) is 5. The molecule has 1 saturated carbocycles. The van der Waals surface area contributed by atoms with Crippen LogP contribution < -0.4 is 4.74 Å². The molecular weight excluding hydrogens is 451 g/mol. The van der Waals surface area contributed by atoms with Crippen molar-refractivity contribution in [3.63, 3.8) is 0 Å². The van der Waals surface area contributed by atoms with Gasteiger partial charge in [0.25, 0.3) is 0 Å². The Labute approximate surface area is 196 Å². The largest absolute Gasteiger partial charge is 0.497 e. The summed E-state index contributed by atoms with van der Waals surface area (Å²) in [5.74, 6) is 0.534. The molecule has 2 atom stereocenters. The van der Waals surface area contributed by atoms with Gasteiger partial charge in [-0.2, -0.15) is 13.2 Å². The first-order valence-electron chi connectivity index (χ1n) is 10.9. The highest BCUT2D eigenvalue weighted by atomic mass is 32.2. The molecule has 2 aromatic rings. The molecule has 178 valence electrons. The monoisotopic (exact) mass is 479 g/mol. The third kappa shape index (κ3) is 5.28. The van der Waals surface area contributed by atoms with Crippen molar-refractivity contribution in [1.29, 1.82) is 0 Å². The fourth-order valence-corrected chi connectivity index (χ4v) is 6.25. The number of halogens is 3. The second kappa shape index (κ2) is 8.49. The van der Waals surface area contributed by atoms with Gasteiger partial charge in [0.1, 0.15) is 11.4 Å². The highest BCUT2D eigenvalue weighted by molar-refractivity contribution is 7.99. The Bertz CT molecular complexity index is 1040. The number of thioether (sulfide) groups is 1. The molecule has 33 heavy (non-hydrogen) atoms. The van der Waals surface area contributed by atoms with Crippen LogP contribution in [0.1, 0.15) is 45.7 Å². The van der Waals surface area contributed by atoms with Crippen LogP contribution >= 0.6 is 11.8 Å². The van der Waals surface area contributed by atoms with Crippen molar-refractivity contribution in [3.05, 3.63) is 36.0 Å². The number of amides is 1. The van der Waals surface area contributed by atoms with Gasteiger partial charge in [0.15, 0.2) is 5.16 Å². The van der Waals surface area contributed by atoms with Crippen molar-refractivity contribution in [2.24, 2.45) is 10.8 Å². The lowest BCUT2D eigenvalue weighted by Crippen LogP contribution is -2.38. The summed E-state index contributed by atoms with van der Waals surface area (Å²) in [4.78, 5) is 23.0. The van der Waals surface area contributed by atoms with Crippen molar-refractivity contribution in [2.75, 3.05) is 19.4 Å². The number of carbonyl (C=O) groups is 1. The van der Waals surface area contributed by atoms with E-state index in [1.807, 2.05) is 4.90 Å². The van der Waals surface area contributed by atoms with Gasteiger partial charge >= 0.3 is 6.18 Å². The van der Waals surface area contributed by atoms with Crippen molar-refractivity contribution < 1.29 is 22.7 Å². The third-order valence-electron chi connectivity index (χ3n) is 6.44. The van der Waals surface area contributed by atoms with Crippen molar-refractivity contribution in [3.8, 4) is 17.0 Å². The predicted octanol–water partition coefficient (Wildman–Crippen LogP) is 5.69. The Morgan fingerprint density at radius 3 is 2.52 bits per heavy atom. The number of benzene rings is 1. The Morgan fingerprint density at radius 2 is 1.88 bits per heavy atom. The minimum atomic E-state index is -4.62. The van der Waals surface area contributed by atoms with E-state index in [0.29, 0.717) is 17.9 Å². The van der Waals surface area contributed by atoms with Gasteiger partial charge in [-0.3, -0.25) is 4.79 Å². The molecule has 2 bridgehead atoms. The van der Waals surface area contributed by atoms with E-state index in [2.05, 4.69) is 30.7 Å². The molecule has 5 nitrogen and oxygen atoms in total. The van der Waals surface area contributed by atoms with E-state index < -0.39 is 11.9 Å². The van der Waals surface area contributed by atoms with E-state index in [4.69, 9.17) is 4.74 Å². The molecule has 1 aliphatic heterocycles. The molecular formula is C24H28F3N3O2S. The number of carbonyl (C=O) groups excluding carboxylic acids is 1. The Kier molecular flexibility index (Phi) is 6.14. The van der Waals surface area contributed by atoms with Gasteiger partial charge in [-0.25, -0.2) is 9.97 Å². The summed E-state index contributed by atoms with van der Waals surface area (Å²) in [6, 6.07) is 7.73. The van der Waals surface area contributed by atoms with E-state index in [1.165, 1.54) is 7.11 Å². The fourth-order valence-electron chi connectivity index (χ4n) is 5.51. The van der Waals surface area contributed by atoms with E-state index in [-0.39, 0.29) is 39.4 Å². The number of hydrogen-bond donors (Lipinski definition) is 0. The van der Waals surface area contributed by atoms with Crippen LogP contribution in [0, 0.1) is 10.8 Å². The summed E-state index contributed by atoms with van der Waals surface area (Å²) < 4.78 is 45.6. The van der Waals surface area contributed by atoms with Crippen LogP contribution in [-0.2, 0) is 11.0 Å². The average molecular weight is 480 g/mol. The Hall–Kier alpha value is -2.29. The molecule has 2 fully saturated rings. The molecule has 9 heteroatoms. The highest BCUT2D eigenvalue weighted by Crippen LogP contribution is 2.52. The van der Waals surface area contributed by atoms with Gasteiger partial charge < -0.3 is 9.64 Å². The van der Waals surface area contributed by atoms with E-state index in [0.717, 1.165) is 37.1 Å². The van der Waals surface area contributed by atoms with Crippen LogP contribution in [-0.4, -0.2) is 46.2 Å². The summed E-state index contributed by atoms with van der Waals surface area (Å²) in [7, 11) is 1.52. The van der Waals surface area contributed by atoms with Crippen molar-refractivity contribution >= 4 is 17.7 Å². The quantitative estimate of drug-likeness (QED) is 0.407. The zero-order valence-electron chi connectivity index (χ0n) is 19.2. The zero-order valence-corrected chi connectivity index (χ0v) is 20.0. The number of likely N-dealkylation sites (tertiary alicyclic amines) is 1. The number of rotatable bonds is 5. The summed E-state index contributed by atoms with van der Waals surface area (Å²) >= 11 is 0.957. The lowest BCUT2D eigenvalue weighted by molar-refractivity contribution is -0.141. The summed E-state index contributed by atoms with van der Waals surface area (Å²) in [6.45, 7) is 7.38. The number of methoxy groups -OCH3 is 1. The molecule has 2 aliphatic rings. The number of aromatic nitrogens is 2. The topological polar surface area (TPSA) is 55.3 Å². The molecule has 0 N–H and O–H groups in total. The van der Waals surface area contributed by atoms with Gasteiger partial charge in [-0.1, -0.05) is 32.5 Å². The van der Waals surface area contributed by atoms with Gasteiger partial charge in [0, 0.05) is 18.2 Å². The zero-order chi connectivity index (χ0) is 24.0. The normalized spacial score (nSPS) is 24.1. The van der Waals surface area contributed by atoms with Crippen LogP contribution in [0.3, 0.4) is 0 Å². The molecule has 0 radical (unpaired) electrons. The van der Waals surface area contributed by atoms with Gasteiger partial charge in [-0.15, -0.1) is 0 Å². The number of fused-ring (bicyclic) bond motifs is 2. The maximum atomic E-state index is 13.5. The van der Waals surface area contributed by atoms with E-state index in [9.17, 15) is 18.0 Å². The number of alkyl halides is 3. The SMILES string of the molecule is COc1ccc(-c2cc(C(F)(F)F)nc(SCC(=O)N3C[C@]4(C)C[C@H]3CC(C)(C)C4)n2)cc1. The fraction of sp³-hybridized carbons (Fsp3) is 0.542. The second-order valence-corrected chi connectivity index (χ2v) is 11.1.